The van der Waals surface area contributed by atoms with Gasteiger partial charge in [-0.3, -0.25) is 9.80 Å². The molecule has 0 atom stereocenters. The molecule has 2 saturated carbocycles. The van der Waals surface area contributed by atoms with Crippen molar-refractivity contribution in [2.24, 2.45) is 11.8 Å². The minimum Gasteiger partial charge on any atom is -0.494 e. The summed E-state index contributed by atoms with van der Waals surface area (Å²) in [5.41, 5.74) is 5.55. The number of aliphatic hydroxyl groups is 2. The molecule has 2 aliphatic carbocycles. The maximum atomic E-state index is 9.12. The summed E-state index contributed by atoms with van der Waals surface area (Å²) in [5.74, 6) is 16.4. The summed E-state index contributed by atoms with van der Waals surface area (Å²) in [6.07, 6.45) is 12.1. The van der Waals surface area contributed by atoms with E-state index in [0.717, 1.165) is 90.3 Å². The summed E-state index contributed by atoms with van der Waals surface area (Å²) >= 11 is 0. The summed E-state index contributed by atoms with van der Waals surface area (Å²) in [5, 5.41) is 18.2. The molecule has 2 N–H and O–H groups in total. The summed E-state index contributed by atoms with van der Waals surface area (Å²) in [4.78, 5) is 5.37. The highest BCUT2D eigenvalue weighted by Gasteiger charge is 2.34. The SMILES string of the molecule is Cc1ccc(C#Cc2ccc(OCCCN3CC4CCC3CC4)cc2)cc1.OC(O)c1ccc(C#Cc2ccc(OCCCN3CC4CCC3CC4)cc2)cc1. The van der Waals surface area contributed by atoms with Crippen LogP contribution in [0, 0.1) is 42.4 Å². The van der Waals surface area contributed by atoms with Crippen molar-refractivity contribution in [1.82, 2.24) is 9.80 Å². The number of aliphatic hydroxyl groups excluding tert-OH is 1. The molecule has 292 valence electrons. The fourth-order valence-corrected chi connectivity index (χ4v) is 8.74. The van der Waals surface area contributed by atoms with Gasteiger partial charge in [0.15, 0.2) is 6.29 Å². The van der Waals surface area contributed by atoms with Crippen LogP contribution in [0.5, 0.6) is 11.5 Å². The van der Waals surface area contributed by atoms with Crippen LogP contribution in [-0.2, 0) is 0 Å². The van der Waals surface area contributed by atoms with E-state index in [1.807, 2.05) is 48.5 Å². The summed E-state index contributed by atoms with van der Waals surface area (Å²) in [7, 11) is 0. The van der Waals surface area contributed by atoms with Gasteiger partial charge >= 0.3 is 0 Å². The van der Waals surface area contributed by atoms with Crippen LogP contribution in [0.3, 0.4) is 0 Å². The van der Waals surface area contributed by atoms with Crippen LogP contribution in [0.15, 0.2) is 97.1 Å². The largest absolute Gasteiger partial charge is 0.494 e. The standard InChI is InChI=1S/C25H29NO3.C25H29NO/c27-25(28)22-10-4-19(5-11-22)2-3-20-8-14-24(15-9-20)29-17-1-16-26-18-21-6-12-23(26)13-7-21;1-20-3-5-21(6-4-20)7-8-22-11-15-25(16-12-22)27-18-2-17-26-19-23-9-13-24(26)14-10-23/h4-5,8-11,14-15,21,23,25,27-28H,1,6-7,12-13,16-18H2;3-6,11-12,15-16,23-24H,2,9-10,13-14,17-19H2,1H3. The number of rotatable bonds is 11. The molecule has 0 unspecified atom stereocenters. The number of benzene rings is 4. The normalized spacial score (nSPS) is 21.3. The molecular weight excluding hydrogens is 693 g/mol. The van der Waals surface area contributed by atoms with Crippen molar-refractivity contribution in [1.29, 1.82) is 0 Å². The fraction of sp³-hybridized carbons (Fsp3) is 0.440. The summed E-state index contributed by atoms with van der Waals surface area (Å²) in [6, 6.07) is 32.9. The Kier molecular flexibility index (Phi) is 14.2. The van der Waals surface area contributed by atoms with E-state index < -0.39 is 6.29 Å². The third kappa shape index (κ3) is 11.7. The van der Waals surface area contributed by atoms with Gasteiger partial charge in [-0.25, -0.2) is 0 Å². The predicted molar refractivity (Wildman–Crippen MR) is 225 cm³/mol. The van der Waals surface area contributed by atoms with Gasteiger partial charge in [-0.2, -0.15) is 0 Å². The smallest absolute Gasteiger partial charge is 0.178 e. The van der Waals surface area contributed by atoms with E-state index in [1.54, 1.807) is 24.3 Å². The van der Waals surface area contributed by atoms with Gasteiger partial charge in [-0.15, -0.1) is 0 Å². The van der Waals surface area contributed by atoms with E-state index in [0.29, 0.717) is 5.56 Å². The monoisotopic (exact) mass is 750 g/mol. The van der Waals surface area contributed by atoms with Gasteiger partial charge < -0.3 is 19.7 Å². The number of fused-ring (bicyclic) bond motifs is 6. The van der Waals surface area contributed by atoms with Crippen molar-refractivity contribution >= 4 is 0 Å². The number of aryl methyl sites for hydroxylation is 1. The van der Waals surface area contributed by atoms with Crippen molar-refractivity contribution in [3.63, 3.8) is 0 Å². The van der Waals surface area contributed by atoms with E-state index in [1.165, 1.54) is 76.6 Å². The molecule has 0 amide bonds. The Morgan fingerprint density at radius 2 is 0.875 bits per heavy atom. The zero-order valence-corrected chi connectivity index (χ0v) is 33.0. The Hall–Kier alpha value is -4.56. The molecule has 6 nitrogen and oxygen atoms in total. The fourth-order valence-electron chi connectivity index (χ4n) is 8.74. The van der Waals surface area contributed by atoms with Gasteiger partial charge in [0, 0.05) is 66.1 Å². The highest BCUT2D eigenvalue weighted by molar-refractivity contribution is 5.46. The van der Waals surface area contributed by atoms with Gasteiger partial charge in [0.05, 0.1) is 13.2 Å². The predicted octanol–water partition coefficient (Wildman–Crippen LogP) is 8.75. The van der Waals surface area contributed by atoms with Crippen LogP contribution < -0.4 is 9.47 Å². The Labute approximate surface area is 334 Å². The highest BCUT2D eigenvalue weighted by Crippen LogP contribution is 2.35. The number of ether oxygens (including phenoxy) is 2. The lowest BCUT2D eigenvalue weighted by Gasteiger charge is -2.45. The molecule has 6 fully saturated rings. The molecule has 4 heterocycles. The van der Waals surface area contributed by atoms with Crippen LogP contribution in [-0.4, -0.2) is 71.5 Å². The Balaban J connectivity index is 0.000000172. The van der Waals surface area contributed by atoms with Crippen molar-refractivity contribution < 1.29 is 19.7 Å². The molecule has 10 rings (SSSR count). The van der Waals surface area contributed by atoms with E-state index in [9.17, 15) is 0 Å². The van der Waals surface area contributed by atoms with E-state index >= 15 is 0 Å². The highest BCUT2D eigenvalue weighted by atomic mass is 16.5. The first-order valence-corrected chi connectivity index (χ1v) is 20.9. The molecule has 4 aliphatic heterocycles. The van der Waals surface area contributed by atoms with E-state index in [-0.39, 0.29) is 0 Å². The molecule has 6 heteroatoms. The van der Waals surface area contributed by atoms with Crippen LogP contribution in [0.1, 0.15) is 104 Å². The Morgan fingerprint density at radius 3 is 1.21 bits per heavy atom. The van der Waals surface area contributed by atoms with Gasteiger partial charge in [-0.05, 0) is 156 Å². The summed E-state index contributed by atoms with van der Waals surface area (Å²) < 4.78 is 11.8. The van der Waals surface area contributed by atoms with Crippen LogP contribution in [0.2, 0.25) is 0 Å². The number of piperidine rings is 4. The molecule has 0 aromatic heterocycles. The first kappa shape index (κ1) is 39.7. The average molecular weight is 751 g/mol. The van der Waals surface area contributed by atoms with Crippen LogP contribution in [0.4, 0.5) is 0 Å². The third-order valence-electron chi connectivity index (χ3n) is 12.0. The second kappa shape index (κ2) is 20.0. The van der Waals surface area contributed by atoms with Crippen LogP contribution in [0.25, 0.3) is 0 Å². The zero-order chi connectivity index (χ0) is 38.5. The third-order valence-corrected chi connectivity index (χ3v) is 12.0. The maximum absolute atomic E-state index is 9.12. The maximum Gasteiger partial charge on any atom is 0.178 e. The number of hydrogen-bond acceptors (Lipinski definition) is 6. The molecule has 4 bridgehead atoms. The Bertz CT molecular complexity index is 1920. The molecule has 4 saturated heterocycles. The molecule has 56 heavy (non-hydrogen) atoms. The molecule has 4 aromatic rings. The number of nitrogens with zero attached hydrogens (tertiary/aromatic N) is 2. The molecule has 6 aliphatic rings. The van der Waals surface area contributed by atoms with E-state index in [2.05, 4.69) is 64.7 Å². The lowest BCUT2D eigenvalue weighted by Crippen LogP contribution is -2.48. The van der Waals surface area contributed by atoms with Crippen LogP contribution >= 0.6 is 0 Å². The second-order valence-electron chi connectivity index (χ2n) is 16.2. The van der Waals surface area contributed by atoms with Crippen molar-refractivity contribution in [2.45, 2.75) is 89.5 Å². The topological polar surface area (TPSA) is 65.4 Å². The molecule has 0 radical (unpaired) electrons. The lowest BCUT2D eigenvalue weighted by atomic mass is 9.80. The van der Waals surface area contributed by atoms with Gasteiger partial charge in [0.25, 0.3) is 0 Å². The van der Waals surface area contributed by atoms with Crippen molar-refractivity contribution in [3.8, 4) is 35.2 Å². The minimum atomic E-state index is -1.44. The van der Waals surface area contributed by atoms with Crippen molar-refractivity contribution in [2.75, 3.05) is 39.4 Å². The minimum absolute atomic E-state index is 0.463. The average Bonchev–Trinajstić information content (AvgIpc) is 3.25. The first-order chi connectivity index (χ1) is 27.4. The Morgan fingerprint density at radius 1 is 0.518 bits per heavy atom. The second-order valence-corrected chi connectivity index (χ2v) is 16.2. The van der Waals surface area contributed by atoms with Gasteiger partial charge in [-0.1, -0.05) is 53.5 Å². The van der Waals surface area contributed by atoms with E-state index in [4.69, 9.17) is 19.7 Å². The zero-order valence-electron chi connectivity index (χ0n) is 33.0. The molecular formula is C50H58N2O4. The molecule has 0 spiro atoms. The first-order valence-electron chi connectivity index (χ1n) is 20.9. The molecule has 4 aromatic carbocycles. The summed E-state index contributed by atoms with van der Waals surface area (Å²) in [6.45, 7) is 8.58. The van der Waals surface area contributed by atoms with Gasteiger partial charge in [0.2, 0.25) is 0 Å². The number of hydrogen-bond donors (Lipinski definition) is 2. The van der Waals surface area contributed by atoms with Crippen molar-refractivity contribution in [3.05, 3.63) is 130 Å². The van der Waals surface area contributed by atoms with Gasteiger partial charge in [0.1, 0.15) is 11.5 Å². The quantitative estimate of drug-likeness (QED) is 0.0909. The lowest BCUT2D eigenvalue weighted by molar-refractivity contribution is -0.0424.